The molecule has 2 unspecified atom stereocenters. The van der Waals surface area contributed by atoms with Crippen molar-refractivity contribution < 1.29 is 30.5 Å². The van der Waals surface area contributed by atoms with Crippen molar-refractivity contribution in [3.05, 3.63) is 11.8 Å². The molecule has 2 atom stereocenters. The predicted molar refractivity (Wildman–Crippen MR) is 50.3 cm³/mol. The van der Waals surface area contributed by atoms with Gasteiger partial charge in [-0.1, -0.05) is 0 Å². The van der Waals surface area contributed by atoms with Crippen molar-refractivity contribution in [2.45, 2.75) is 24.0 Å². The van der Waals surface area contributed by atoms with Crippen LogP contribution >= 0.6 is 0 Å². The fourth-order valence-corrected chi connectivity index (χ4v) is 2.24. The predicted octanol–water partition coefficient (Wildman–Crippen LogP) is 0.497. The Morgan fingerprint density at radius 2 is 2.12 bits per heavy atom. The number of halogens is 3. The van der Waals surface area contributed by atoms with Gasteiger partial charge < -0.3 is 14.2 Å². The van der Waals surface area contributed by atoms with Gasteiger partial charge in [0.1, 0.15) is 5.76 Å². The quantitative estimate of drug-likeness (QED) is 0.586. The Balaban J connectivity index is 2.12. The lowest BCUT2D eigenvalue weighted by molar-refractivity contribution is -0.0528. The first-order chi connectivity index (χ1) is 7.78. The normalized spacial score (nSPS) is 29.7. The molecule has 1 fully saturated rings. The Bertz CT molecular complexity index is 431. The van der Waals surface area contributed by atoms with Crippen molar-refractivity contribution >= 4 is 10.1 Å². The van der Waals surface area contributed by atoms with Crippen molar-refractivity contribution in [3.63, 3.8) is 0 Å². The van der Waals surface area contributed by atoms with E-state index in [4.69, 9.17) is 4.74 Å². The van der Waals surface area contributed by atoms with Crippen LogP contribution in [0.3, 0.4) is 0 Å². The highest BCUT2D eigenvalue weighted by Crippen LogP contribution is 2.29. The molecule has 17 heavy (non-hydrogen) atoms. The summed E-state index contributed by atoms with van der Waals surface area (Å²) in [5.74, 6) is -0.181. The van der Waals surface area contributed by atoms with Crippen LogP contribution in [0, 0.1) is 0 Å². The van der Waals surface area contributed by atoms with Gasteiger partial charge in [-0.2, -0.15) is 21.6 Å². The van der Waals surface area contributed by atoms with Crippen molar-refractivity contribution in [2.24, 2.45) is 0 Å². The van der Waals surface area contributed by atoms with E-state index >= 15 is 0 Å². The van der Waals surface area contributed by atoms with Crippen LogP contribution in [0.15, 0.2) is 11.8 Å². The Kier molecular flexibility index (Phi) is 3.08. The Labute approximate surface area is 95.7 Å². The summed E-state index contributed by atoms with van der Waals surface area (Å²) < 4.78 is 67.1. The monoisotopic (exact) mass is 273 g/mol. The molecule has 2 rings (SSSR count). The van der Waals surface area contributed by atoms with E-state index in [-0.39, 0.29) is 30.9 Å². The number of ether oxygens (including phenoxy) is 1. The zero-order valence-corrected chi connectivity index (χ0v) is 9.35. The minimum Gasteiger partial charge on any atom is -0.381 e. The van der Waals surface area contributed by atoms with Gasteiger partial charge in [-0.05, 0) is 6.08 Å². The standard InChI is InChI=1S/C8H10F3NO4S/c9-8(10,11)17(13,14)16-7-1-5-3-15-4-6(2-7)12-5/h1,5-6,12H,2-4H2. The van der Waals surface area contributed by atoms with Crippen LogP contribution in [-0.2, 0) is 19.0 Å². The first-order valence-electron chi connectivity index (χ1n) is 4.83. The zero-order valence-electron chi connectivity index (χ0n) is 8.53. The Hall–Kier alpha value is -0.800. The first kappa shape index (κ1) is 12.7. The fraction of sp³-hybridized carbons (Fsp3) is 0.750. The molecule has 0 radical (unpaired) electrons. The SMILES string of the molecule is O=S(=O)(OC1=CC2COCC(C1)N2)C(F)(F)F. The number of morpholine rings is 1. The molecule has 5 nitrogen and oxygen atoms in total. The topological polar surface area (TPSA) is 64.6 Å². The second-order valence-corrected chi connectivity index (χ2v) is 5.37. The molecule has 98 valence electrons. The minimum atomic E-state index is -5.57. The molecule has 0 aliphatic carbocycles. The lowest BCUT2D eigenvalue weighted by Gasteiger charge is -2.34. The molecule has 2 bridgehead atoms. The van der Waals surface area contributed by atoms with Crippen LogP contribution in [0.5, 0.6) is 0 Å². The Morgan fingerprint density at radius 3 is 2.71 bits per heavy atom. The van der Waals surface area contributed by atoms with Gasteiger partial charge in [0.25, 0.3) is 0 Å². The molecule has 0 aromatic carbocycles. The Morgan fingerprint density at radius 1 is 1.41 bits per heavy atom. The molecule has 0 aromatic heterocycles. The lowest BCUT2D eigenvalue weighted by Crippen LogP contribution is -2.51. The van der Waals surface area contributed by atoms with E-state index in [1.54, 1.807) is 0 Å². The summed E-state index contributed by atoms with van der Waals surface area (Å²) in [5.41, 5.74) is -5.40. The molecule has 9 heteroatoms. The number of alkyl halides is 3. The van der Waals surface area contributed by atoms with Gasteiger partial charge in [0.2, 0.25) is 0 Å². The summed E-state index contributed by atoms with van der Waals surface area (Å²) in [6.45, 7) is 0.610. The molecule has 2 aliphatic heterocycles. The van der Waals surface area contributed by atoms with E-state index in [1.165, 1.54) is 6.08 Å². The maximum absolute atomic E-state index is 12.1. The van der Waals surface area contributed by atoms with Gasteiger partial charge in [-0.3, -0.25) is 0 Å². The summed E-state index contributed by atoms with van der Waals surface area (Å²) in [6, 6.07) is -0.516. The maximum Gasteiger partial charge on any atom is 0.534 e. The van der Waals surface area contributed by atoms with E-state index in [0.29, 0.717) is 6.61 Å². The van der Waals surface area contributed by atoms with Gasteiger partial charge in [0.05, 0.1) is 19.3 Å². The summed E-state index contributed by atoms with van der Waals surface area (Å²) in [5, 5.41) is 3.05. The molecule has 2 heterocycles. The average Bonchev–Trinajstić information content (AvgIpc) is 2.14. The first-order valence-corrected chi connectivity index (χ1v) is 6.24. The third-order valence-electron chi connectivity index (χ3n) is 2.40. The van der Waals surface area contributed by atoms with Crippen LogP contribution in [-0.4, -0.2) is 39.2 Å². The summed E-state index contributed by atoms with van der Waals surface area (Å²) >= 11 is 0. The highest BCUT2D eigenvalue weighted by Gasteiger charge is 2.49. The molecule has 0 aromatic rings. The van der Waals surface area contributed by atoms with Gasteiger partial charge >= 0.3 is 15.6 Å². The highest BCUT2D eigenvalue weighted by molar-refractivity contribution is 7.87. The summed E-state index contributed by atoms with van der Waals surface area (Å²) in [7, 11) is -5.57. The molecule has 1 saturated heterocycles. The number of hydrogen-bond donors (Lipinski definition) is 1. The van der Waals surface area contributed by atoms with Crippen molar-refractivity contribution in [1.82, 2.24) is 5.32 Å². The van der Waals surface area contributed by atoms with Crippen molar-refractivity contribution in [2.75, 3.05) is 13.2 Å². The average molecular weight is 273 g/mol. The number of rotatable bonds is 2. The number of hydrogen-bond acceptors (Lipinski definition) is 5. The van der Waals surface area contributed by atoms with E-state index in [2.05, 4.69) is 9.50 Å². The maximum atomic E-state index is 12.1. The lowest BCUT2D eigenvalue weighted by atomic mass is 10.0. The second-order valence-electron chi connectivity index (χ2n) is 3.83. The van der Waals surface area contributed by atoms with Crippen LogP contribution in [0.4, 0.5) is 13.2 Å². The van der Waals surface area contributed by atoms with Crippen molar-refractivity contribution in [1.29, 1.82) is 0 Å². The summed E-state index contributed by atoms with van der Waals surface area (Å²) in [4.78, 5) is 0. The number of nitrogens with one attached hydrogen (secondary N) is 1. The molecule has 0 saturated carbocycles. The molecule has 1 N–H and O–H groups in total. The largest absolute Gasteiger partial charge is 0.534 e. The molecule has 2 aliphatic rings. The van der Waals surface area contributed by atoms with Crippen molar-refractivity contribution in [3.8, 4) is 0 Å². The van der Waals surface area contributed by atoms with Crippen LogP contribution in [0.1, 0.15) is 6.42 Å². The van der Waals surface area contributed by atoms with Crippen LogP contribution in [0.25, 0.3) is 0 Å². The smallest absolute Gasteiger partial charge is 0.381 e. The van der Waals surface area contributed by atoms with E-state index in [1.807, 2.05) is 0 Å². The van der Waals surface area contributed by atoms with E-state index < -0.39 is 15.6 Å². The van der Waals surface area contributed by atoms with Crippen LogP contribution < -0.4 is 5.32 Å². The van der Waals surface area contributed by atoms with Gasteiger partial charge in [0.15, 0.2) is 0 Å². The van der Waals surface area contributed by atoms with Gasteiger partial charge in [0, 0.05) is 12.5 Å². The minimum absolute atomic E-state index is 0.0613. The third-order valence-corrected chi connectivity index (χ3v) is 3.40. The van der Waals surface area contributed by atoms with E-state index in [9.17, 15) is 21.6 Å². The zero-order chi connectivity index (χ0) is 12.7. The summed E-state index contributed by atoms with van der Waals surface area (Å²) in [6.07, 6.45) is 1.37. The van der Waals surface area contributed by atoms with Gasteiger partial charge in [-0.15, -0.1) is 0 Å². The molecule has 0 spiro atoms. The van der Waals surface area contributed by atoms with Crippen LogP contribution in [0.2, 0.25) is 0 Å². The molecular formula is C8H10F3NO4S. The van der Waals surface area contributed by atoms with E-state index in [0.717, 1.165) is 0 Å². The molecule has 0 amide bonds. The van der Waals surface area contributed by atoms with Gasteiger partial charge in [-0.25, -0.2) is 0 Å². The fourth-order valence-electron chi connectivity index (χ4n) is 1.74. The second kappa shape index (κ2) is 4.14. The third kappa shape index (κ3) is 2.72. The highest BCUT2D eigenvalue weighted by atomic mass is 32.2. The molecular weight excluding hydrogens is 263 g/mol. The number of fused-ring (bicyclic) bond motifs is 2.